The largest absolute Gasteiger partial charge is 0.508 e. The lowest BCUT2D eigenvalue weighted by molar-refractivity contribution is -0.167. The molecule has 2 aromatic heterocycles. The molecular formula is C19H20F6N6O5. The number of hydrogen-bond acceptors (Lipinski definition) is 9. The number of alkyl halides is 6. The van der Waals surface area contributed by atoms with E-state index in [9.17, 15) is 35.9 Å². The minimum absolute atomic E-state index is 0.116. The molecule has 17 heteroatoms. The van der Waals surface area contributed by atoms with Crippen LogP contribution < -0.4 is 15.0 Å². The van der Waals surface area contributed by atoms with E-state index >= 15 is 0 Å². The number of carbonyl (C=O) groups excluding carboxylic acids is 2. The quantitative estimate of drug-likeness (QED) is 0.444. The Morgan fingerprint density at radius 3 is 2.36 bits per heavy atom. The SMILES string of the molecule is CCOC(=O)OC1CCN(c2ncnc(Oc3cc(C(F)(F)F)nn3C)c2NC(=O)C(F)(F)F)CC1. The van der Waals surface area contributed by atoms with Gasteiger partial charge in [0.1, 0.15) is 18.1 Å². The van der Waals surface area contributed by atoms with Crippen molar-refractivity contribution in [3.63, 3.8) is 0 Å². The van der Waals surface area contributed by atoms with Gasteiger partial charge in [-0.2, -0.15) is 36.4 Å². The van der Waals surface area contributed by atoms with Crippen LogP contribution in [-0.4, -0.2) is 63.8 Å². The summed E-state index contributed by atoms with van der Waals surface area (Å²) in [5.41, 5.74) is -1.92. The first kappa shape index (κ1) is 26.8. The van der Waals surface area contributed by atoms with Crippen molar-refractivity contribution in [1.82, 2.24) is 19.7 Å². The van der Waals surface area contributed by atoms with Crippen LogP contribution in [-0.2, 0) is 27.5 Å². The van der Waals surface area contributed by atoms with Gasteiger partial charge in [-0.15, -0.1) is 0 Å². The van der Waals surface area contributed by atoms with Crippen LogP contribution in [0, 0.1) is 0 Å². The van der Waals surface area contributed by atoms with Crippen LogP contribution in [0.25, 0.3) is 0 Å². The fourth-order valence-corrected chi connectivity index (χ4v) is 3.23. The third kappa shape index (κ3) is 6.45. The van der Waals surface area contributed by atoms with Crippen molar-refractivity contribution in [3.05, 3.63) is 18.1 Å². The lowest BCUT2D eigenvalue weighted by Crippen LogP contribution is -2.39. The van der Waals surface area contributed by atoms with Crippen LogP contribution in [0.15, 0.2) is 12.4 Å². The number of halogens is 6. The van der Waals surface area contributed by atoms with E-state index in [-0.39, 0.29) is 38.4 Å². The zero-order valence-corrected chi connectivity index (χ0v) is 18.8. The molecule has 0 atom stereocenters. The number of rotatable bonds is 6. The van der Waals surface area contributed by atoms with Crippen LogP contribution >= 0.6 is 0 Å². The lowest BCUT2D eigenvalue weighted by Gasteiger charge is -2.33. The van der Waals surface area contributed by atoms with Crippen LogP contribution in [0.1, 0.15) is 25.5 Å². The van der Waals surface area contributed by atoms with E-state index in [4.69, 9.17) is 14.2 Å². The maximum atomic E-state index is 13.0. The summed E-state index contributed by atoms with van der Waals surface area (Å²) in [7, 11) is 1.12. The van der Waals surface area contributed by atoms with Gasteiger partial charge in [-0.05, 0) is 6.92 Å². The van der Waals surface area contributed by atoms with Crippen molar-refractivity contribution in [1.29, 1.82) is 0 Å². The molecule has 1 fully saturated rings. The normalized spacial score (nSPS) is 14.9. The van der Waals surface area contributed by atoms with Crippen LogP contribution in [0.5, 0.6) is 11.8 Å². The summed E-state index contributed by atoms with van der Waals surface area (Å²) in [5.74, 6) is -3.69. The summed E-state index contributed by atoms with van der Waals surface area (Å²) >= 11 is 0. The maximum absolute atomic E-state index is 13.0. The molecule has 1 aliphatic rings. The number of amides is 1. The van der Waals surface area contributed by atoms with Crippen LogP contribution in [0.2, 0.25) is 0 Å². The van der Waals surface area contributed by atoms with E-state index in [1.165, 1.54) is 4.90 Å². The molecule has 3 heterocycles. The van der Waals surface area contributed by atoms with Crippen molar-refractivity contribution < 1.29 is 50.1 Å². The highest BCUT2D eigenvalue weighted by atomic mass is 19.4. The molecule has 198 valence electrons. The maximum Gasteiger partial charge on any atom is 0.508 e. The van der Waals surface area contributed by atoms with E-state index in [2.05, 4.69) is 15.1 Å². The molecule has 1 aliphatic heterocycles. The highest BCUT2D eigenvalue weighted by molar-refractivity contribution is 5.98. The number of nitrogens with zero attached hydrogens (tertiary/aromatic N) is 5. The summed E-state index contributed by atoms with van der Waals surface area (Å²) in [6.45, 7) is 1.99. The number of anilines is 2. The van der Waals surface area contributed by atoms with Gasteiger partial charge in [0.25, 0.3) is 0 Å². The predicted octanol–water partition coefficient (Wildman–Crippen LogP) is 3.66. The van der Waals surface area contributed by atoms with Crippen molar-refractivity contribution in [2.75, 3.05) is 29.9 Å². The van der Waals surface area contributed by atoms with Gasteiger partial charge in [0.2, 0.25) is 11.8 Å². The molecule has 0 aliphatic carbocycles. The zero-order chi connectivity index (χ0) is 26.7. The monoisotopic (exact) mass is 526 g/mol. The third-order valence-electron chi connectivity index (χ3n) is 4.88. The van der Waals surface area contributed by atoms with Gasteiger partial charge in [0.05, 0.1) is 6.61 Å². The summed E-state index contributed by atoms with van der Waals surface area (Å²) in [6.07, 6.45) is -10.1. The van der Waals surface area contributed by atoms with E-state index < -0.39 is 53.7 Å². The van der Waals surface area contributed by atoms with Gasteiger partial charge in [-0.3, -0.25) is 4.79 Å². The number of carbonyl (C=O) groups is 2. The highest BCUT2D eigenvalue weighted by Gasteiger charge is 2.41. The zero-order valence-electron chi connectivity index (χ0n) is 18.8. The number of aromatic nitrogens is 4. The average molecular weight is 526 g/mol. The molecule has 0 saturated carbocycles. The molecular weight excluding hydrogens is 506 g/mol. The Bertz CT molecular complexity index is 1100. The van der Waals surface area contributed by atoms with E-state index in [1.54, 1.807) is 12.2 Å². The molecule has 11 nitrogen and oxygen atoms in total. The second-order valence-electron chi connectivity index (χ2n) is 7.41. The average Bonchev–Trinajstić information content (AvgIpc) is 3.15. The number of ether oxygens (including phenoxy) is 3. The first-order chi connectivity index (χ1) is 16.8. The van der Waals surface area contributed by atoms with Crippen molar-refractivity contribution in [2.45, 2.75) is 38.2 Å². The fourth-order valence-electron chi connectivity index (χ4n) is 3.23. The van der Waals surface area contributed by atoms with Crippen molar-refractivity contribution in [3.8, 4) is 11.8 Å². The van der Waals surface area contributed by atoms with Crippen LogP contribution in [0.4, 0.5) is 42.6 Å². The predicted molar refractivity (Wildman–Crippen MR) is 108 cm³/mol. The summed E-state index contributed by atoms with van der Waals surface area (Å²) in [4.78, 5) is 32.3. The Morgan fingerprint density at radius 1 is 1.14 bits per heavy atom. The molecule has 0 radical (unpaired) electrons. The van der Waals surface area contributed by atoms with Gasteiger partial charge in [0, 0.05) is 39.0 Å². The topological polar surface area (TPSA) is 121 Å². The molecule has 0 bridgehead atoms. The molecule has 36 heavy (non-hydrogen) atoms. The standard InChI is InChI=1S/C19H20F6N6O5/c1-3-34-17(33)35-10-4-6-31(7-5-10)14-13(28-16(32)19(23,24)25)15(27-9-26-14)36-12-8-11(18(20,21)22)29-30(12)2/h8-10H,3-7H2,1-2H3,(H,28,32). The first-order valence-electron chi connectivity index (χ1n) is 10.4. The summed E-state index contributed by atoms with van der Waals surface area (Å²) in [5, 5.41) is 4.90. The molecule has 1 saturated heterocycles. The van der Waals surface area contributed by atoms with Gasteiger partial charge in [-0.25, -0.2) is 14.5 Å². The molecule has 3 rings (SSSR count). The minimum atomic E-state index is -5.29. The number of nitrogens with one attached hydrogen (secondary N) is 1. The summed E-state index contributed by atoms with van der Waals surface area (Å²) in [6, 6.07) is 0.523. The molecule has 0 spiro atoms. The summed E-state index contributed by atoms with van der Waals surface area (Å²) < 4.78 is 93.8. The molecule has 0 unspecified atom stereocenters. The van der Waals surface area contributed by atoms with E-state index in [1.807, 2.05) is 0 Å². The van der Waals surface area contributed by atoms with Gasteiger partial charge in [0.15, 0.2) is 11.5 Å². The fraction of sp³-hybridized carbons (Fsp3) is 0.526. The van der Waals surface area contributed by atoms with Gasteiger partial charge in [-0.1, -0.05) is 0 Å². The Morgan fingerprint density at radius 2 is 1.81 bits per heavy atom. The number of aryl methyl sites for hydroxylation is 1. The second-order valence-corrected chi connectivity index (χ2v) is 7.41. The van der Waals surface area contributed by atoms with Gasteiger partial charge < -0.3 is 24.4 Å². The molecule has 0 aromatic carbocycles. The number of hydrogen-bond donors (Lipinski definition) is 1. The van der Waals surface area contributed by atoms with E-state index in [0.717, 1.165) is 13.4 Å². The van der Waals surface area contributed by atoms with Crippen molar-refractivity contribution in [2.24, 2.45) is 7.05 Å². The molecule has 1 N–H and O–H groups in total. The minimum Gasteiger partial charge on any atom is -0.435 e. The Labute approximate surface area is 199 Å². The van der Waals surface area contributed by atoms with Gasteiger partial charge >= 0.3 is 24.4 Å². The molecule has 2 aromatic rings. The number of piperidine rings is 1. The third-order valence-corrected chi connectivity index (χ3v) is 4.88. The Hall–Kier alpha value is -3.79. The Kier molecular flexibility index (Phi) is 7.78. The van der Waals surface area contributed by atoms with E-state index in [0.29, 0.717) is 10.7 Å². The highest BCUT2D eigenvalue weighted by Crippen LogP contribution is 2.38. The smallest absolute Gasteiger partial charge is 0.435 e. The van der Waals surface area contributed by atoms with Crippen molar-refractivity contribution >= 4 is 23.6 Å². The second kappa shape index (κ2) is 10.4. The molecule has 1 amide bonds. The van der Waals surface area contributed by atoms with Crippen LogP contribution in [0.3, 0.4) is 0 Å². The first-order valence-corrected chi connectivity index (χ1v) is 10.4. The Balaban J connectivity index is 1.89. The lowest BCUT2D eigenvalue weighted by atomic mass is 10.1.